The van der Waals surface area contributed by atoms with Gasteiger partial charge in [0.2, 0.25) is 5.91 Å². The van der Waals surface area contributed by atoms with E-state index in [0.717, 1.165) is 16.4 Å². The minimum atomic E-state index is -0.439. The molecule has 0 aliphatic heterocycles. The number of hydrogen-bond acceptors (Lipinski definition) is 3. The van der Waals surface area contributed by atoms with Gasteiger partial charge in [0.25, 0.3) is 0 Å². The Morgan fingerprint density at radius 3 is 2.85 bits per heavy atom. The Morgan fingerprint density at radius 2 is 2.04 bits per heavy atom. The highest BCUT2D eigenvalue weighted by molar-refractivity contribution is 7.99. The Labute approximate surface area is 156 Å². The number of anilines is 1. The van der Waals surface area contributed by atoms with Gasteiger partial charge in [0.15, 0.2) is 5.16 Å². The summed E-state index contributed by atoms with van der Waals surface area (Å²) < 4.78 is 15.7. The van der Waals surface area contributed by atoms with Crippen molar-refractivity contribution in [3.63, 3.8) is 0 Å². The lowest BCUT2D eigenvalue weighted by molar-refractivity contribution is -0.113. The number of amides is 1. The van der Waals surface area contributed by atoms with Crippen molar-refractivity contribution in [1.29, 1.82) is 0 Å². The molecule has 1 heterocycles. The van der Waals surface area contributed by atoms with Crippen LogP contribution in [0.15, 0.2) is 53.9 Å². The number of rotatable bonds is 5. The molecule has 0 aliphatic carbocycles. The predicted octanol–water partition coefficient (Wildman–Crippen LogP) is 4.67. The topological polar surface area (TPSA) is 46.9 Å². The van der Waals surface area contributed by atoms with Gasteiger partial charge >= 0.3 is 0 Å². The van der Waals surface area contributed by atoms with Gasteiger partial charge in [0.1, 0.15) is 5.82 Å². The summed E-state index contributed by atoms with van der Waals surface area (Å²) in [6, 6.07) is 10.7. The third-order valence-electron chi connectivity index (χ3n) is 4.17. The fourth-order valence-corrected chi connectivity index (χ4v) is 3.39. The van der Waals surface area contributed by atoms with Crippen LogP contribution in [-0.2, 0) is 4.79 Å². The van der Waals surface area contributed by atoms with Crippen LogP contribution in [0.25, 0.3) is 5.69 Å². The molecule has 0 saturated carbocycles. The van der Waals surface area contributed by atoms with Crippen LogP contribution in [0.4, 0.5) is 10.1 Å². The molecule has 0 aliphatic rings. The number of aryl methyl sites for hydroxylation is 2. The van der Waals surface area contributed by atoms with E-state index in [9.17, 15) is 9.18 Å². The van der Waals surface area contributed by atoms with Crippen molar-refractivity contribution in [1.82, 2.24) is 9.55 Å². The first-order valence-corrected chi connectivity index (χ1v) is 9.23. The average molecular weight is 369 g/mol. The largest absolute Gasteiger partial charge is 0.323 e. The van der Waals surface area contributed by atoms with E-state index in [1.165, 1.54) is 29.0 Å². The molecule has 3 aromatic rings. The zero-order valence-corrected chi connectivity index (χ0v) is 15.7. The molecule has 0 fully saturated rings. The Bertz CT molecular complexity index is 952. The van der Waals surface area contributed by atoms with Crippen molar-refractivity contribution in [3.05, 3.63) is 71.3 Å². The van der Waals surface area contributed by atoms with Crippen molar-refractivity contribution in [3.8, 4) is 5.69 Å². The Hall–Kier alpha value is -2.60. The van der Waals surface area contributed by atoms with E-state index in [4.69, 9.17) is 0 Å². The second kappa shape index (κ2) is 7.74. The lowest BCUT2D eigenvalue weighted by Gasteiger charge is -2.12. The number of hydrogen-bond donors (Lipinski definition) is 1. The van der Waals surface area contributed by atoms with Crippen LogP contribution in [0, 0.1) is 26.6 Å². The van der Waals surface area contributed by atoms with Crippen LogP contribution in [0.1, 0.15) is 16.7 Å². The number of carbonyl (C=O) groups is 1. The van der Waals surface area contributed by atoms with Gasteiger partial charge in [0.05, 0.1) is 17.1 Å². The van der Waals surface area contributed by atoms with Crippen molar-refractivity contribution < 1.29 is 9.18 Å². The summed E-state index contributed by atoms with van der Waals surface area (Å²) in [5.74, 6) is -0.559. The van der Waals surface area contributed by atoms with Gasteiger partial charge < -0.3 is 5.32 Å². The third kappa shape index (κ3) is 3.96. The van der Waals surface area contributed by atoms with Crippen LogP contribution in [-0.4, -0.2) is 21.2 Å². The second-order valence-electron chi connectivity index (χ2n) is 6.12. The molecule has 0 spiro atoms. The van der Waals surface area contributed by atoms with Gasteiger partial charge in [-0.2, -0.15) is 0 Å². The number of halogens is 1. The average Bonchev–Trinajstić information content (AvgIpc) is 3.07. The normalized spacial score (nSPS) is 10.8. The maximum absolute atomic E-state index is 13.8. The van der Waals surface area contributed by atoms with E-state index >= 15 is 0 Å². The number of thioether (sulfide) groups is 1. The van der Waals surface area contributed by atoms with Crippen LogP contribution in [0.5, 0.6) is 0 Å². The monoisotopic (exact) mass is 369 g/mol. The fraction of sp³-hybridized carbons (Fsp3) is 0.200. The van der Waals surface area contributed by atoms with Crippen molar-refractivity contribution >= 4 is 23.4 Å². The summed E-state index contributed by atoms with van der Waals surface area (Å²) in [5.41, 5.74) is 4.49. The standard InChI is InChI=1S/C20H20FN3OS/c1-13-7-8-16(21)17(11-13)23-19(25)12-26-20-22-9-10-24(20)18-6-4-5-14(2)15(18)3/h4-11H,12H2,1-3H3,(H,23,25). The molecule has 0 bridgehead atoms. The molecule has 1 aromatic heterocycles. The summed E-state index contributed by atoms with van der Waals surface area (Å²) in [7, 11) is 0. The van der Waals surface area contributed by atoms with Gasteiger partial charge in [-0.1, -0.05) is 30.0 Å². The van der Waals surface area contributed by atoms with Crippen LogP contribution in [0.3, 0.4) is 0 Å². The van der Waals surface area contributed by atoms with E-state index in [2.05, 4.69) is 30.2 Å². The first-order chi connectivity index (χ1) is 12.5. The van der Waals surface area contributed by atoms with Gasteiger partial charge in [-0.05, 0) is 55.7 Å². The van der Waals surface area contributed by atoms with Crippen LogP contribution < -0.4 is 5.32 Å². The Morgan fingerprint density at radius 1 is 1.23 bits per heavy atom. The lowest BCUT2D eigenvalue weighted by Crippen LogP contribution is -2.15. The Kier molecular flexibility index (Phi) is 5.42. The van der Waals surface area contributed by atoms with E-state index in [-0.39, 0.29) is 17.3 Å². The third-order valence-corrected chi connectivity index (χ3v) is 5.14. The fourth-order valence-electron chi connectivity index (χ4n) is 2.63. The molecule has 1 N–H and O–H groups in total. The molecule has 0 atom stereocenters. The molecular weight excluding hydrogens is 349 g/mol. The molecule has 26 heavy (non-hydrogen) atoms. The zero-order chi connectivity index (χ0) is 18.7. The van der Waals surface area contributed by atoms with E-state index in [1.807, 2.05) is 29.8 Å². The van der Waals surface area contributed by atoms with Crippen LogP contribution >= 0.6 is 11.8 Å². The molecule has 0 saturated heterocycles. The number of nitrogens with zero attached hydrogens (tertiary/aromatic N) is 2. The summed E-state index contributed by atoms with van der Waals surface area (Å²) >= 11 is 1.32. The van der Waals surface area contributed by atoms with Gasteiger partial charge in [0, 0.05) is 12.4 Å². The number of benzene rings is 2. The van der Waals surface area contributed by atoms with Gasteiger partial charge in [-0.25, -0.2) is 9.37 Å². The van der Waals surface area contributed by atoms with Crippen molar-refractivity contribution in [2.45, 2.75) is 25.9 Å². The molecule has 134 valence electrons. The highest BCUT2D eigenvalue weighted by Crippen LogP contribution is 2.24. The van der Waals surface area contributed by atoms with E-state index in [1.54, 1.807) is 18.3 Å². The molecule has 3 rings (SSSR count). The van der Waals surface area contributed by atoms with E-state index in [0.29, 0.717) is 0 Å². The summed E-state index contributed by atoms with van der Waals surface area (Å²) in [5, 5.41) is 3.34. The summed E-state index contributed by atoms with van der Waals surface area (Å²) in [4.78, 5) is 16.6. The SMILES string of the molecule is Cc1ccc(F)c(NC(=O)CSc2nccn2-c2cccc(C)c2C)c1. The molecule has 4 nitrogen and oxygen atoms in total. The highest BCUT2D eigenvalue weighted by Gasteiger charge is 2.12. The smallest absolute Gasteiger partial charge is 0.234 e. The van der Waals surface area contributed by atoms with Gasteiger partial charge in [-0.15, -0.1) is 0 Å². The second-order valence-corrected chi connectivity index (χ2v) is 7.06. The molecular formula is C20H20FN3OS. The number of carbonyl (C=O) groups excluding carboxylic acids is 1. The maximum atomic E-state index is 13.8. The molecule has 1 amide bonds. The molecule has 2 aromatic carbocycles. The highest BCUT2D eigenvalue weighted by atomic mass is 32.2. The molecule has 0 radical (unpaired) electrons. The maximum Gasteiger partial charge on any atom is 0.234 e. The van der Waals surface area contributed by atoms with Crippen LogP contribution in [0.2, 0.25) is 0 Å². The van der Waals surface area contributed by atoms with E-state index < -0.39 is 5.82 Å². The Balaban J connectivity index is 1.71. The first kappa shape index (κ1) is 18.2. The van der Waals surface area contributed by atoms with Gasteiger partial charge in [-0.3, -0.25) is 9.36 Å². The molecule has 6 heteroatoms. The number of imidazole rings is 1. The number of aromatic nitrogens is 2. The lowest BCUT2D eigenvalue weighted by atomic mass is 10.1. The number of nitrogens with one attached hydrogen (secondary N) is 1. The minimum absolute atomic E-state index is 0.148. The van der Waals surface area contributed by atoms with Crippen molar-refractivity contribution in [2.24, 2.45) is 0 Å². The zero-order valence-electron chi connectivity index (χ0n) is 14.9. The first-order valence-electron chi connectivity index (χ1n) is 8.24. The molecule has 0 unspecified atom stereocenters. The predicted molar refractivity (Wildman–Crippen MR) is 104 cm³/mol. The minimum Gasteiger partial charge on any atom is -0.323 e. The van der Waals surface area contributed by atoms with Crippen molar-refractivity contribution in [2.75, 3.05) is 11.1 Å². The summed E-state index contributed by atoms with van der Waals surface area (Å²) in [6.45, 7) is 5.98. The quantitative estimate of drug-likeness (QED) is 0.665. The summed E-state index contributed by atoms with van der Waals surface area (Å²) in [6.07, 6.45) is 3.59.